The zero-order valence-corrected chi connectivity index (χ0v) is 19.9. The molecule has 2 aromatic rings. The second-order valence-corrected chi connectivity index (χ2v) is 10.5. The van der Waals surface area contributed by atoms with Gasteiger partial charge in [-0.05, 0) is 63.4 Å². The lowest BCUT2D eigenvalue weighted by Crippen LogP contribution is -2.46. The van der Waals surface area contributed by atoms with Gasteiger partial charge in [0.2, 0.25) is 10.0 Å². The van der Waals surface area contributed by atoms with Crippen molar-refractivity contribution in [3.05, 3.63) is 65.2 Å². The molecule has 1 aliphatic rings. The maximum atomic E-state index is 13.0. The van der Waals surface area contributed by atoms with Crippen LogP contribution in [0.15, 0.2) is 53.4 Å². The average Bonchev–Trinajstić information content (AvgIpc) is 2.78. The fourth-order valence-electron chi connectivity index (χ4n) is 3.73. The van der Waals surface area contributed by atoms with Crippen LogP contribution in [0.25, 0.3) is 0 Å². The summed E-state index contributed by atoms with van der Waals surface area (Å²) in [6.07, 6.45) is 1.30. The van der Waals surface area contributed by atoms with Crippen LogP contribution in [0, 0.1) is 6.92 Å². The van der Waals surface area contributed by atoms with E-state index in [4.69, 9.17) is 0 Å². The summed E-state index contributed by atoms with van der Waals surface area (Å²) in [4.78, 5) is 27.4. The third-order valence-corrected chi connectivity index (χ3v) is 8.02. The molecular formula is C24H31N3O4S. The Morgan fingerprint density at radius 1 is 1.06 bits per heavy atom. The van der Waals surface area contributed by atoms with Crippen LogP contribution in [-0.2, 0) is 10.0 Å². The van der Waals surface area contributed by atoms with Gasteiger partial charge in [-0.15, -0.1) is 0 Å². The first-order valence-corrected chi connectivity index (χ1v) is 12.3. The Morgan fingerprint density at radius 2 is 1.72 bits per heavy atom. The summed E-state index contributed by atoms with van der Waals surface area (Å²) in [5.74, 6) is -0.294. The number of piperidine rings is 1. The summed E-state index contributed by atoms with van der Waals surface area (Å²) in [6, 6.07) is 13.5. The maximum Gasteiger partial charge on any atom is 0.253 e. The lowest BCUT2D eigenvalue weighted by Gasteiger charge is -2.32. The van der Waals surface area contributed by atoms with Crippen LogP contribution in [0.5, 0.6) is 0 Å². The molecule has 0 saturated carbocycles. The monoisotopic (exact) mass is 457 g/mol. The van der Waals surface area contributed by atoms with Gasteiger partial charge in [-0.3, -0.25) is 9.59 Å². The van der Waals surface area contributed by atoms with Crippen molar-refractivity contribution in [3.63, 3.8) is 0 Å². The third kappa shape index (κ3) is 5.19. The van der Waals surface area contributed by atoms with Crippen molar-refractivity contribution in [2.75, 3.05) is 20.1 Å². The molecule has 1 N–H and O–H groups in total. The van der Waals surface area contributed by atoms with Crippen molar-refractivity contribution in [3.8, 4) is 0 Å². The van der Waals surface area contributed by atoms with E-state index in [0.717, 1.165) is 5.56 Å². The molecule has 7 nitrogen and oxygen atoms in total. The number of sulfonamides is 1. The molecular weight excluding hydrogens is 426 g/mol. The number of rotatable bonds is 6. The molecule has 0 aliphatic carbocycles. The van der Waals surface area contributed by atoms with Crippen LogP contribution in [0.4, 0.5) is 0 Å². The number of amides is 2. The van der Waals surface area contributed by atoms with E-state index in [9.17, 15) is 18.0 Å². The van der Waals surface area contributed by atoms with E-state index >= 15 is 0 Å². The minimum absolute atomic E-state index is 0.00226. The minimum atomic E-state index is -3.66. The molecule has 3 rings (SSSR count). The first-order chi connectivity index (χ1) is 15.1. The Morgan fingerprint density at radius 3 is 2.34 bits per heavy atom. The zero-order chi connectivity index (χ0) is 23.5. The fourth-order valence-corrected chi connectivity index (χ4v) is 5.15. The van der Waals surface area contributed by atoms with Gasteiger partial charge in [0.15, 0.2) is 0 Å². The van der Waals surface area contributed by atoms with Crippen LogP contribution in [0.3, 0.4) is 0 Å². The second-order valence-electron chi connectivity index (χ2n) is 8.50. The van der Waals surface area contributed by atoms with Crippen LogP contribution in [0.2, 0.25) is 0 Å². The normalized spacial score (nSPS) is 15.2. The highest BCUT2D eigenvalue weighted by molar-refractivity contribution is 7.89. The van der Waals surface area contributed by atoms with E-state index in [1.165, 1.54) is 23.5 Å². The number of hydrogen-bond donors (Lipinski definition) is 1. The summed E-state index contributed by atoms with van der Waals surface area (Å²) in [5, 5.41) is 3.07. The van der Waals surface area contributed by atoms with Gasteiger partial charge < -0.3 is 10.2 Å². The highest BCUT2D eigenvalue weighted by atomic mass is 32.2. The Kier molecular flexibility index (Phi) is 7.36. The molecule has 2 aromatic carbocycles. The predicted octanol–water partition coefficient (Wildman–Crippen LogP) is 3.06. The second kappa shape index (κ2) is 9.83. The van der Waals surface area contributed by atoms with Gasteiger partial charge in [0.05, 0.1) is 4.90 Å². The van der Waals surface area contributed by atoms with Crippen molar-refractivity contribution in [1.29, 1.82) is 0 Å². The molecule has 1 aliphatic heterocycles. The van der Waals surface area contributed by atoms with Gasteiger partial charge in [-0.25, -0.2) is 8.42 Å². The SMILES string of the molecule is Cc1ccccc1C(=O)NC1CCN(C(=O)c2cccc(S(=O)(=O)N(C)C(C)C)c2)CC1. The van der Waals surface area contributed by atoms with E-state index < -0.39 is 10.0 Å². The standard InChI is InChI=1S/C24H31N3O4S/c1-17(2)26(4)32(30,31)21-10-7-9-19(16-21)24(29)27-14-12-20(13-15-27)25-23(28)22-11-6-5-8-18(22)3/h5-11,16-17,20H,12-15H2,1-4H3,(H,25,28). The Bertz CT molecular complexity index is 1090. The third-order valence-electron chi connectivity index (χ3n) is 5.99. The quantitative estimate of drug-likeness (QED) is 0.722. The van der Waals surface area contributed by atoms with Gasteiger partial charge in [0.1, 0.15) is 0 Å². The summed E-state index contributed by atoms with van der Waals surface area (Å²) >= 11 is 0. The molecule has 0 atom stereocenters. The van der Waals surface area contributed by atoms with E-state index in [0.29, 0.717) is 37.1 Å². The van der Waals surface area contributed by atoms with Crippen molar-refractivity contribution >= 4 is 21.8 Å². The van der Waals surface area contributed by atoms with Crippen LogP contribution >= 0.6 is 0 Å². The predicted molar refractivity (Wildman–Crippen MR) is 124 cm³/mol. The van der Waals surface area contributed by atoms with Crippen molar-refractivity contribution in [1.82, 2.24) is 14.5 Å². The Hall–Kier alpha value is -2.71. The summed E-state index contributed by atoms with van der Waals surface area (Å²) in [6.45, 7) is 6.51. The number of carbonyl (C=O) groups excluding carboxylic acids is 2. The number of likely N-dealkylation sites (tertiary alicyclic amines) is 1. The molecule has 172 valence electrons. The summed E-state index contributed by atoms with van der Waals surface area (Å²) in [7, 11) is -2.13. The molecule has 8 heteroatoms. The van der Waals surface area contributed by atoms with E-state index in [-0.39, 0.29) is 28.8 Å². The van der Waals surface area contributed by atoms with E-state index in [1.54, 1.807) is 36.9 Å². The average molecular weight is 458 g/mol. The van der Waals surface area contributed by atoms with Crippen LogP contribution < -0.4 is 5.32 Å². The van der Waals surface area contributed by atoms with E-state index in [2.05, 4.69) is 5.32 Å². The van der Waals surface area contributed by atoms with Gasteiger partial charge in [-0.2, -0.15) is 4.31 Å². The first kappa shape index (κ1) is 23.9. The number of benzene rings is 2. The highest BCUT2D eigenvalue weighted by Crippen LogP contribution is 2.20. The smallest absolute Gasteiger partial charge is 0.253 e. The lowest BCUT2D eigenvalue weighted by molar-refractivity contribution is 0.0698. The lowest BCUT2D eigenvalue weighted by atomic mass is 10.0. The molecule has 32 heavy (non-hydrogen) atoms. The maximum absolute atomic E-state index is 13.0. The topological polar surface area (TPSA) is 86.8 Å². The van der Waals surface area contributed by atoms with Crippen LogP contribution in [0.1, 0.15) is 53.0 Å². The number of nitrogens with one attached hydrogen (secondary N) is 1. The molecule has 2 amide bonds. The molecule has 1 saturated heterocycles. The highest BCUT2D eigenvalue weighted by Gasteiger charge is 2.27. The minimum Gasteiger partial charge on any atom is -0.349 e. The van der Waals surface area contributed by atoms with Gasteiger partial charge in [0.25, 0.3) is 11.8 Å². The molecule has 0 spiro atoms. The molecule has 0 bridgehead atoms. The number of nitrogens with zero attached hydrogens (tertiary/aromatic N) is 2. The molecule has 0 aromatic heterocycles. The van der Waals surface area contributed by atoms with Crippen LogP contribution in [-0.4, -0.2) is 61.7 Å². The molecule has 1 heterocycles. The number of carbonyl (C=O) groups is 2. The van der Waals surface area contributed by atoms with Crippen molar-refractivity contribution in [2.45, 2.75) is 50.6 Å². The first-order valence-electron chi connectivity index (χ1n) is 10.8. The van der Waals surface area contributed by atoms with Gasteiger partial charge >= 0.3 is 0 Å². The van der Waals surface area contributed by atoms with E-state index in [1.807, 2.05) is 25.1 Å². The summed E-state index contributed by atoms with van der Waals surface area (Å²) < 4.78 is 26.8. The zero-order valence-electron chi connectivity index (χ0n) is 19.0. The molecule has 0 unspecified atom stereocenters. The van der Waals surface area contributed by atoms with Crippen molar-refractivity contribution in [2.24, 2.45) is 0 Å². The largest absolute Gasteiger partial charge is 0.349 e. The molecule has 0 radical (unpaired) electrons. The van der Waals surface area contributed by atoms with Gasteiger partial charge in [-0.1, -0.05) is 24.3 Å². The van der Waals surface area contributed by atoms with Gasteiger partial charge in [0, 0.05) is 43.3 Å². The van der Waals surface area contributed by atoms with Crippen molar-refractivity contribution < 1.29 is 18.0 Å². The number of aryl methyl sites for hydroxylation is 1. The number of hydrogen-bond acceptors (Lipinski definition) is 4. The molecule has 1 fully saturated rings. The Balaban J connectivity index is 1.63. The summed E-state index contributed by atoms with van der Waals surface area (Å²) in [5.41, 5.74) is 1.94. The fraction of sp³-hybridized carbons (Fsp3) is 0.417. The Labute approximate surface area is 190 Å².